The van der Waals surface area contributed by atoms with Crippen molar-refractivity contribution in [1.29, 1.82) is 0 Å². The van der Waals surface area contributed by atoms with Gasteiger partial charge in [-0.05, 0) is 11.1 Å². The van der Waals surface area contributed by atoms with E-state index in [-0.39, 0.29) is 11.9 Å². The van der Waals surface area contributed by atoms with E-state index in [0.29, 0.717) is 19.9 Å². The van der Waals surface area contributed by atoms with Crippen molar-refractivity contribution < 1.29 is 19.2 Å². The molecule has 2 N–H and O–H groups in total. The number of imide groups is 1. The van der Waals surface area contributed by atoms with Crippen LogP contribution in [0.1, 0.15) is 11.1 Å². The molecular formula is C20H22N3O3+. The average molecular weight is 352 g/mol. The molecule has 0 spiro atoms. The van der Waals surface area contributed by atoms with E-state index in [1.165, 1.54) is 9.80 Å². The standard InChI is InChI=1S/C20H21N3O3/c24-18-20(16-7-3-1-4-8-16,17-9-5-2-6-10-17)21-19(25)23(18)15-22-11-13-26-14-12-22/h1-10H,11-15H2,(H,21,25)/p+1. The van der Waals surface area contributed by atoms with E-state index in [1.54, 1.807) is 0 Å². The minimum Gasteiger partial charge on any atom is -0.370 e. The summed E-state index contributed by atoms with van der Waals surface area (Å²) in [5.41, 5.74) is 0.360. The molecule has 4 rings (SSSR count). The van der Waals surface area contributed by atoms with Gasteiger partial charge in [0, 0.05) is 0 Å². The summed E-state index contributed by atoms with van der Waals surface area (Å²) in [5.74, 6) is -0.223. The Morgan fingerprint density at radius 1 is 0.923 bits per heavy atom. The molecule has 2 aromatic carbocycles. The highest BCUT2D eigenvalue weighted by Gasteiger charge is 2.54. The molecule has 2 heterocycles. The van der Waals surface area contributed by atoms with E-state index in [0.717, 1.165) is 24.2 Å². The number of hydrogen-bond donors (Lipinski definition) is 2. The number of benzene rings is 2. The molecule has 2 saturated heterocycles. The van der Waals surface area contributed by atoms with Gasteiger partial charge < -0.3 is 15.0 Å². The molecule has 0 aromatic heterocycles. The van der Waals surface area contributed by atoms with E-state index in [1.807, 2.05) is 60.7 Å². The number of nitrogens with zero attached hydrogens (tertiary/aromatic N) is 1. The predicted molar refractivity (Wildman–Crippen MR) is 95.4 cm³/mol. The summed E-state index contributed by atoms with van der Waals surface area (Å²) in [4.78, 5) is 28.8. The van der Waals surface area contributed by atoms with Crippen LogP contribution in [0.3, 0.4) is 0 Å². The normalized spacial score (nSPS) is 20.2. The summed E-state index contributed by atoms with van der Waals surface area (Å²) in [5, 5.41) is 2.98. The van der Waals surface area contributed by atoms with Crippen molar-refractivity contribution in [2.24, 2.45) is 0 Å². The maximum Gasteiger partial charge on any atom is 0.330 e. The zero-order chi connectivity index (χ0) is 18.0. The number of hydrogen-bond acceptors (Lipinski definition) is 3. The lowest BCUT2D eigenvalue weighted by Crippen LogP contribution is -3.15. The number of morpholine rings is 1. The Labute approximate surface area is 152 Å². The zero-order valence-electron chi connectivity index (χ0n) is 14.5. The number of quaternary nitrogens is 1. The first-order valence-corrected chi connectivity index (χ1v) is 8.88. The minimum atomic E-state index is -1.18. The Hall–Kier alpha value is -2.70. The van der Waals surface area contributed by atoms with Gasteiger partial charge in [-0.15, -0.1) is 0 Å². The van der Waals surface area contributed by atoms with Crippen LogP contribution >= 0.6 is 0 Å². The molecule has 6 nitrogen and oxygen atoms in total. The zero-order valence-corrected chi connectivity index (χ0v) is 14.5. The van der Waals surface area contributed by atoms with Gasteiger partial charge in [-0.1, -0.05) is 60.7 Å². The van der Waals surface area contributed by atoms with Crippen molar-refractivity contribution in [3.63, 3.8) is 0 Å². The summed E-state index contributed by atoms with van der Waals surface area (Å²) < 4.78 is 5.37. The smallest absolute Gasteiger partial charge is 0.330 e. The van der Waals surface area contributed by atoms with Crippen LogP contribution in [-0.2, 0) is 15.1 Å². The van der Waals surface area contributed by atoms with E-state index in [9.17, 15) is 9.59 Å². The summed E-state index contributed by atoms with van der Waals surface area (Å²) in [7, 11) is 0. The Balaban J connectivity index is 1.73. The molecule has 134 valence electrons. The van der Waals surface area contributed by atoms with Crippen LogP contribution in [0.2, 0.25) is 0 Å². The molecule has 2 aliphatic rings. The lowest BCUT2D eigenvalue weighted by Gasteiger charge is -2.29. The third-order valence-corrected chi connectivity index (χ3v) is 5.10. The maximum absolute atomic E-state index is 13.5. The van der Waals surface area contributed by atoms with Crippen molar-refractivity contribution in [3.05, 3.63) is 71.8 Å². The number of ether oxygens (including phenoxy) is 1. The van der Waals surface area contributed by atoms with E-state index < -0.39 is 5.54 Å². The lowest BCUT2D eigenvalue weighted by molar-refractivity contribution is -0.915. The fourth-order valence-corrected chi connectivity index (χ4v) is 3.70. The van der Waals surface area contributed by atoms with Crippen molar-refractivity contribution in [1.82, 2.24) is 10.2 Å². The molecule has 0 unspecified atom stereocenters. The molecular weight excluding hydrogens is 330 g/mol. The summed E-state index contributed by atoms with van der Waals surface area (Å²) in [6.07, 6.45) is 0. The maximum atomic E-state index is 13.5. The van der Waals surface area contributed by atoms with Crippen LogP contribution < -0.4 is 10.2 Å². The van der Waals surface area contributed by atoms with Gasteiger partial charge in [0.05, 0.1) is 13.2 Å². The molecule has 26 heavy (non-hydrogen) atoms. The van der Waals surface area contributed by atoms with Gasteiger partial charge in [-0.2, -0.15) is 0 Å². The van der Waals surface area contributed by atoms with Crippen LogP contribution in [0.25, 0.3) is 0 Å². The first-order chi connectivity index (χ1) is 12.7. The highest BCUT2D eigenvalue weighted by molar-refractivity contribution is 6.09. The first-order valence-electron chi connectivity index (χ1n) is 8.88. The monoisotopic (exact) mass is 352 g/mol. The Morgan fingerprint density at radius 2 is 1.46 bits per heavy atom. The second kappa shape index (κ2) is 6.90. The second-order valence-electron chi connectivity index (χ2n) is 6.67. The molecule has 2 aliphatic heterocycles. The molecule has 0 aliphatic carbocycles. The predicted octanol–water partition coefficient (Wildman–Crippen LogP) is 0.355. The van der Waals surface area contributed by atoms with Gasteiger partial charge in [0.15, 0.2) is 12.2 Å². The molecule has 2 aromatic rings. The third kappa shape index (κ3) is 2.77. The molecule has 0 atom stereocenters. The summed E-state index contributed by atoms with van der Waals surface area (Å²) >= 11 is 0. The summed E-state index contributed by atoms with van der Waals surface area (Å²) in [6, 6.07) is 18.5. The Morgan fingerprint density at radius 3 is 2.00 bits per heavy atom. The largest absolute Gasteiger partial charge is 0.370 e. The highest BCUT2D eigenvalue weighted by atomic mass is 16.5. The lowest BCUT2D eigenvalue weighted by atomic mass is 9.83. The van der Waals surface area contributed by atoms with Crippen molar-refractivity contribution in [2.75, 3.05) is 33.0 Å². The molecule has 3 amide bonds. The van der Waals surface area contributed by atoms with Gasteiger partial charge in [-0.3, -0.25) is 4.79 Å². The van der Waals surface area contributed by atoms with Crippen LogP contribution in [-0.4, -0.2) is 49.8 Å². The molecule has 0 radical (unpaired) electrons. The first kappa shape index (κ1) is 16.8. The quantitative estimate of drug-likeness (QED) is 0.781. The van der Waals surface area contributed by atoms with Gasteiger partial charge in [0.25, 0.3) is 5.91 Å². The van der Waals surface area contributed by atoms with E-state index >= 15 is 0 Å². The number of urea groups is 1. The Kier molecular flexibility index (Phi) is 4.44. The number of carbonyl (C=O) groups is 2. The second-order valence-corrected chi connectivity index (χ2v) is 6.67. The van der Waals surface area contributed by atoms with Crippen molar-refractivity contribution in [3.8, 4) is 0 Å². The van der Waals surface area contributed by atoms with Crippen molar-refractivity contribution in [2.45, 2.75) is 5.54 Å². The van der Waals surface area contributed by atoms with Crippen LogP contribution in [0.4, 0.5) is 4.79 Å². The summed E-state index contributed by atoms with van der Waals surface area (Å²) in [6.45, 7) is 3.25. The van der Waals surface area contributed by atoms with E-state index in [4.69, 9.17) is 4.74 Å². The number of nitrogens with one attached hydrogen (secondary N) is 2. The topological polar surface area (TPSA) is 63.1 Å². The molecule has 0 saturated carbocycles. The van der Waals surface area contributed by atoms with Gasteiger partial charge in [0.2, 0.25) is 0 Å². The fraction of sp³-hybridized carbons (Fsp3) is 0.300. The van der Waals surface area contributed by atoms with Crippen molar-refractivity contribution >= 4 is 11.9 Å². The molecule has 6 heteroatoms. The number of amides is 3. The third-order valence-electron chi connectivity index (χ3n) is 5.10. The van der Waals surface area contributed by atoms with Crippen LogP contribution in [0.15, 0.2) is 60.7 Å². The van der Waals surface area contributed by atoms with Gasteiger partial charge >= 0.3 is 6.03 Å². The fourth-order valence-electron chi connectivity index (χ4n) is 3.70. The molecule has 2 fully saturated rings. The molecule has 0 bridgehead atoms. The average Bonchev–Trinajstić information content (AvgIpc) is 2.96. The number of rotatable bonds is 4. The van der Waals surface area contributed by atoms with Gasteiger partial charge in [0.1, 0.15) is 13.1 Å². The highest BCUT2D eigenvalue weighted by Crippen LogP contribution is 2.35. The van der Waals surface area contributed by atoms with Crippen LogP contribution in [0.5, 0.6) is 0 Å². The van der Waals surface area contributed by atoms with Crippen LogP contribution in [0, 0.1) is 0 Å². The van der Waals surface area contributed by atoms with Gasteiger partial charge in [-0.25, -0.2) is 9.69 Å². The number of carbonyl (C=O) groups excluding carboxylic acids is 2. The van der Waals surface area contributed by atoms with E-state index in [2.05, 4.69) is 5.32 Å². The minimum absolute atomic E-state index is 0.223. The SMILES string of the molecule is O=C1NC(c2ccccc2)(c2ccccc2)C(=O)N1C[NH+]1CCOCC1. The Bertz CT molecular complexity index is 749.